The van der Waals surface area contributed by atoms with Gasteiger partial charge in [-0.25, -0.2) is 0 Å². The van der Waals surface area contributed by atoms with Crippen LogP contribution in [-0.2, 0) is 4.57 Å². The molecule has 0 saturated heterocycles. The average molecular weight is 90.0 g/mol. The van der Waals surface area contributed by atoms with Crippen molar-refractivity contribution in [3.63, 3.8) is 0 Å². The summed E-state index contributed by atoms with van der Waals surface area (Å²) in [6, 6.07) is 0. The summed E-state index contributed by atoms with van der Waals surface area (Å²) in [6.07, 6.45) is 4.40. The van der Waals surface area contributed by atoms with Crippen LogP contribution in [-0.4, -0.2) is 4.89 Å². The second-order valence-corrected chi connectivity index (χ2v) is 1.35. The SMILES string of the molecule is C#C[PH](=O)O. The molecule has 0 radical (unpaired) electrons. The first-order chi connectivity index (χ1) is 2.27. The maximum Gasteiger partial charge on any atom is 0.259 e. The Bertz CT molecular complexity index is 80.1. The molecule has 1 N–H and O–H groups in total. The van der Waals surface area contributed by atoms with Gasteiger partial charge in [0, 0.05) is 0 Å². The molecule has 0 aromatic carbocycles. The Hall–Kier alpha value is -0.250. The fourth-order valence-corrected chi connectivity index (χ4v) is 0. The molecule has 0 aromatic heterocycles. The number of hydrogen-bond acceptors (Lipinski definition) is 1. The van der Waals surface area contributed by atoms with Crippen LogP contribution in [0.3, 0.4) is 0 Å². The summed E-state index contributed by atoms with van der Waals surface area (Å²) in [5.41, 5.74) is 1.63. The number of terminal acetylenes is 1. The standard InChI is InChI=1S/C2H3O2P/c1-2-5(3)4/h1,5H,(H,3,4). The van der Waals surface area contributed by atoms with Gasteiger partial charge >= 0.3 is 0 Å². The summed E-state index contributed by atoms with van der Waals surface area (Å²) in [7, 11) is -2.60. The van der Waals surface area contributed by atoms with Gasteiger partial charge in [0.15, 0.2) is 0 Å². The Labute approximate surface area is 30.7 Å². The first-order valence-corrected chi connectivity index (χ1v) is 2.32. The van der Waals surface area contributed by atoms with Crippen molar-refractivity contribution in [1.82, 2.24) is 0 Å². The molecule has 1 unspecified atom stereocenters. The van der Waals surface area contributed by atoms with Gasteiger partial charge in [0.05, 0.1) is 0 Å². The highest BCUT2D eigenvalue weighted by Crippen LogP contribution is 2.05. The molecule has 0 bridgehead atoms. The summed E-state index contributed by atoms with van der Waals surface area (Å²) >= 11 is 0. The van der Waals surface area contributed by atoms with Crippen LogP contribution in [0, 0.1) is 12.1 Å². The number of hydrogen-bond donors (Lipinski definition) is 1. The topological polar surface area (TPSA) is 37.3 Å². The zero-order valence-electron chi connectivity index (χ0n) is 2.43. The van der Waals surface area contributed by atoms with Crippen molar-refractivity contribution >= 4 is 8.03 Å². The molecule has 0 spiro atoms. The first kappa shape index (κ1) is 4.75. The van der Waals surface area contributed by atoms with Crippen molar-refractivity contribution in [2.75, 3.05) is 0 Å². The van der Waals surface area contributed by atoms with E-state index >= 15 is 0 Å². The van der Waals surface area contributed by atoms with Crippen molar-refractivity contribution in [2.24, 2.45) is 0 Å². The van der Waals surface area contributed by atoms with Gasteiger partial charge in [-0.05, 0) is 5.66 Å². The van der Waals surface area contributed by atoms with Gasteiger partial charge in [0.1, 0.15) is 0 Å². The van der Waals surface area contributed by atoms with Gasteiger partial charge in [-0.15, -0.1) is 6.42 Å². The summed E-state index contributed by atoms with van der Waals surface area (Å²) in [5, 5.41) is 0. The molecule has 0 aliphatic carbocycles. The normalized spacial score (nSPS) is 12.8. The molecule has 2 nitrogen and oxygen atoms in total. The Kier molecular flexibility index (Phi) is 1.92. The molecule has 5 heavy (non-hydrogen) atoms. The second-order valence-electron chi connectivity index (χ2n) is 0.449. The molecule has 0 fully saturated rings. The van der Waals surface area contributed by atoms with E-state index in [9.17, 15) is 4.57 Å². The van der Waals surface area contributed by atoms with E-state index in [2.05, 4.69) is 6.42 Å². The third-order valence-corrected chi connectivity index (χ3v) is 0.370. The zero-order valence-corrected chi connectivity index (χ0v) is 3.43. The fourth-order valence-electron chi connectivity index (χ4n) is 0. The van der Waals surface area contributed by atoms with Crippen LogP contribution in [0.15, 0.2) is 0 Å². The molecule has 3 heteroatoms. The minimum atomic E-state index is -2.60. The van der Waals surface area contributed by atoms with Crippen LogP contribution in [0.25, 0.3) is 0 Å². The van der Waals surface area contributed by atoms with E-state index in [0.29, 0.717) is 0 Å². The van der Waals surface area contributed by atoms with Gasteiger partial charge in [0.25, 0.3) is 8.03 Å². The van der Waals surface area contributed by atoms with Gasteiger partial charge in [0.2, 0.25) is 0 Å². The van der Waals surface area contributed by atoms with Crippen molar-refractivity contribution < 1.29 is 9.46 Å². The molecular formula is C2H3O2P. The highest BCUT2D eigenvalue weighted by molar-refractivity contribution is 7.44. The second kappa shape index (κ2) is 2.02. The summed E-state index contributed by atoms with van der Waals surface area (Å²) < 4.78 is 9.32. The van der Waals surface area contributed by atoms with Gasteiger partial charge in [-0.3, -0.25) is 4.57 Å². The van der Waals surface area contributed by atoms with E-state index in [-0.39, 0.29) is 0 Å². The summed E-state index contributed by atoms with van der Waals surface area (Å²) in [6.45, 7) is 0. The molecule has 28 valence electrons. The van der Waals surface area contributed by atoms with E-state index in [1.165, 1.54) is 0 Å². The van der Waals surface area contributed by atoms with Gasteiger partial charge < -0.3 is 4.89 Å². The highest BCUT2D eigenvalue weighted by Gasteiger charge is 1.68. The van der Waals surface area contributed by atoms with E-state index in [0.717, 1.165) is 0 Å². The van der Waals surface area contributed by atoms with Crippen LogP contribution in [0.4, 0.5) is 0 Å². The minimum absolute atomic E-state index is 1.63. The quantitative estimate of drug-likeness (QED) is 0.337. The molecule has 0 aliphatic rings. The number of rotatable bonds is 0. The van der Waals surface area contributed by atoms with Crippen molar-refractivity contribution in [2.45, 2.75) is 0 Å². The Morgan fingerprint density at radius 3 is 2.20 bits per heavy atom. The summed E-state index contributed by atoms with van der Waals surface area (Å²) in [5.74, 6) is 0. The largest absolute Gasteiger partial charge is 0.338 e. The van der Waals surface area contributed by atoms with Crippen molar-refractivity contribution in [1.29, 1.82) is 0 Å². The van der Waals surface area contributed by atoms with Gasteiger partial charge in [-0.1, -0.05) is 0 Å². The Morgan fingerprint density at radius 2 is 2.20 bits per heavy atom. The first-order valence-electron chi connectivity index (χ1n) is 0.966. The maximum atomic E-state index is 9.32. The highest BCUT2D eigenvalue weighted by atomic mass is 31.1. The lowest BCUT2D eigenvalue weighted by Crippen LogP contribution is -1.36. The predicted molar refractivity (Wildman–Crippen MR) is 20.1 cm³/mol. The lowest BCUT2D eigenvalue weighted by molar-refractivity contribution is 0.514. The lowest BCUT2D eigenvalue weighted by Gasteiger charge is -1.62. The fraction of sp³-hybridized carbons (Fsp3) is 0. The van der Waals surface area contributed by atoms with Crippen molar-refractivity contribution in [3.05, 3.63) is 0 Å². The third kappa shape index (κ3) is 3.75. The molecule has 1 atom stereocenters. The Balaban J connectivity index is 3.35. The van der Waals surface area contributed by atoms with Crippen LogP contribution < -0.4 is 0 Å². The van der Waals surface area contributed by atoms with E-state index in [1.54, 1.807) is 5.66 Å². The van der Waals surface area contributed by atoms with E-state index in [4.69, 9.17) is 4.89 Å². The predicted octanol–water partition coefficient (Wildman–Crippen LogP) is 0.0441. The molecular weight excluding hydrogens is 87.0 g/mol. The third-order valence-electron chi connectivity index (χ3n) is 0.123. The molecule has 0 amide bonds. The molecule has 0 rings (SSSR count). The molecule has 0 aromatic rings. The average Bonchev–Trinajstić information content (AvgIpc) is 1.38. The maximum absolute atomic E-state index is 9.32. The van der Waals surface area contributed by atoms with Crippen LogP contribution in [0.1, 0.15) is 0 Å². The Morgan fingerprint density at radius 1 is 2.00 bits per heavy atom. The van der Waals surface area contributed by atoms with Crippen molar-refractivity contribution in [3.8, 4) is 12.1 Å². The molecule has 0 saturated carbocycles. The van der Waals surface area contributed by atoms with Gasteiger partial charge in [-0.2, -0.15) is 0 Å². The zero-order chi connectivity index (χ0) is 4.28. The smallest absolute Gasteiger partial charge is 0.259 e. The van der Waals surface area contributed by atoms with Crippen LogP contribution in [0.5, 0.6) is 0 Å². The van der Waals surface area contributed by atoms with E-state index < -0.39 is 8.03 Å². The minimum Gasteiger partial charge on any atom is -0.338 e. The van der Waals surface area contributed by atoms with E-state index in [1.807, 2.05) is 0 Å². The molecule has 0 heterocycles. The summed E-state index contributed by atoms with van der Waals surface area (Å²) in [4.78, 5) is 7.67. The monoisotopic (exact) mass is 90.0 g/mol. The van der Waals surface area contributed by atoms with Crippen LogP contribution >= 0.6 is 8.03 Å². The van der Waals surface area contributed by atoms with Crippen LogP contribution in [0.2, 0.25) is 0 Å². The lowest BCUT2D eigenvalue weighted by atomic mass is 11.4. The molecule has 0 aliphatic heterocycles.